The lowest BCUT2D eigenvalue weighted by molar-refractivity contribution is 0.241. The molecule has 0 atom stereocenters. The van der Waals surface area contributed by atoms with Gasteiger partial charge in [0.15, 0.2) is 0 Å². The van der Waals surface area contributed by atoms with Crippen molar-refractivity contribution in [1.82, 2.24) is 24.7 Å². The van der Waals surface area contributed by atoms with Gasteiger partial charge in [-0.05, 0) is 78.4 Å². The van der Waals surface area contributed by atoms with Gasteiger partial charge in [-0.2, -0.15) is 4.68 Å². The molecule has 130 valence electrons. The Balaban J connectivity index is 1.79. The molecule has 1 aromatic heterocycles. The van der Waals surface area contributed by atoms with Gasteiger partial charge in [-0.3, -0.25) is 4.90 Å². The normalized spacial score (nSPS) is 11.2. The van der Waals surface area contributed by atoms with Gasteiger partial charge in [-0.15, -0.1) is 0 Å². The van der Waals surface area contributed by atoms with Crippen LogP contribution >= 0.6 is 12.2 Å². The van der Waals surface area contributed by atoms with Crippen LogP contribution in [0.4, 0.5) is 4.39 Å². The van der Waals surface area contributed by atoms with E-state index in [0.717, 1.165) is 22.4 Å². The molecule has 0 aliphatic carbocycles. The first-order chi connectivity index (χ1) is 11.9. The van der Waals surface area contributed by atoms with Crippen molar-refractivity contribution in [3.05, 3.63) is 69.7 Å². The maximum atomic E-state index is 13.3. The van der Waals surface area contributed by atoms with Crippen LogP contribution in [0.15, 0.2) is 42.5 Å². The van der Waals surface area contributed by atoms with Crippen LogP contribution in [0.3, 0.4) is 0 Å². The van der Waals surface area contributed by atoms with Crippen molar-refractivity contribution in [2.45, 2.75) is 27.1 Å². The highest BCUT2D eigenvalue weighted by atomic mass is 32.1. The van der Waals surface area contributed by atoms with Crippen molar-refractivity contribution < 1.29 is 4.39 Å². The van der Waals surface area contributed by atoms with Gasteiger partial charge in [0.05, 0.1) is 12.4 Å². The topological polar surface area (TPSA) is 38.9 Å². The summed E-state index contributed by atoms with van der Waals surface area (Å²) in [5.74, 6) is -0.233. The third-order valence-corrected chi connectivity index (χ3v) is 4.33. The average Bonchev–Trinajstić information content (AvgIpc) is 2.90. The van der Waals surface area contributed by atoms with Crippen LogP contribution < -0.4 is 0 Å². The molecule has 0 saturated heterocycles. The van der Waals surface area contributed by atoms with Crippen LogP contribution in [0.5, 0.6) is 0 Å². The molecule has 0 aliphatic heterocycles. The summed E-state index contributed by atoms with van der Waals surface area (Å²) in [6.45, 7) is 5.12. The Morgan fingerprint density at radius 3 is 2.68 bits per heavy atom. The van der Waals surface area contributed by atoms with Gasteiger partial charge in [0.25, 0.3) is 0 Å². The molecule has 0 aliphatic rings. The van der Waals surface area contributed by atoms with Crippen LogP contribution in [0, 0.1) is 24.4 Å². The molecule has 1 heterocycles. The van der Waals surface area contributed by atoms with E-state index < -0.39 is 0 Å². The quantitative estimate of drug-likeness (QED) is 0.654. The van der Waals surface area contributed by atoms with Gasteiger partial charge in [-0.25, -0.2) is 9.07 Å². The predicted molar refractivity (Wildman–Crippen MR) is 97.5 cm³/mol. The minimum absolute atomic E-state index is 0.233. The number of hydrogen-bond donors (Lipinski definition) is 0. The lowest BCUT2D eigenvalue weighted by Crippen LogP contribution is -2.22. The molecular weight excluding hydrogens is 337 g/mol. The van der Waals surface area contributed by atoms with Crippen LogP contribution in [0.2, 0.25) is 0 Å². The number of benzene rings is 2. The summed E-state index contributed by atoms with van der Waals surface area (Å²) in [6, 6.07) is 12.7. The van der Waals surface area contributed by atoms with Crippen molar-refractivity contribution >= 4 is 12.2 Å². The molecule has 0 amide bonds. The SMILES string of the molecule is Cc1ccc(C)c(-n2nnn(CN(C)Cc3cccc(F)c3)c2=S)c1. The van der Waals surface area contributed by atoms with Crippen molar-refractivity contribution in [1.29, 1.82) is 0 Å². The number of halogens is 1. The zero-order chi connectivity index (χ0) is 18.0. The van der Waals surface area contributed by atoms with Gasteiger partial charge in [0.2, 0.25) is 4.77 Å². The van der Waals surface area contributed by atoms with E-state index in [4.69, 9.17) is 12.2 Å². The van der Waals surface area contributed by atoms with Crippen LogP contribution in [-0.2, 0) is 13.2 Å². The highest BCUT2D eigenvalue weighted by Crippen LogP contribution is 2.15. The van der Waals surface area contributed by atoms with Gasteiger partial charge < -0.3 is 0 Å². The maximum Gasteiger partial charge on any atom is 0.221 e. The van der Waals surface area contributed by atoms with E-state index in [1.54, 1.807) is 15.4 Å². The molecule has 0 radical (unpaired) electrons. The van der Waals surface area contributed by atoms with Crippen LogP contribution in [0.1, 0.15) is 16.7 Å². The van der Waals surface area contributed by atoms with Gasteiger partial charge >= 0.3 is 0 Å². The molecular formula is C18H20FN5S. The molecule has 0 bridgehead atoms. The molecule has 3 aromatic rings. The van der Waals surface area contributed by atoms with E-state index in [1.165, 1.54) is 12.1 Å². The van der Waals surface area contributed by atoms with E-state index in [0.29, 0.717) is 18.0 Å². The zero-order valence-corrected chi connectivity index (χ0v) is 15.3. The summed E-state index contributed by atoms with van der Waals surface area (Å²) in [4.78, 5) is 2.01. The first-order valence-corrected chi connectivity index (χ1v) is 8.38. The third kappa shape index (κ3) is 4.00. The van der Waals surface area contributed by atoms with E-state index >= 15 is 0 Å². The monoisotopic (exact) mass is 357 g/mol. The third-order valence-electron chi connectivity index (χ3n) is 3.95. The van der Waals surface area contributed by atoms with Crippen molar-refractivity contribution in [2.24, 2.45) is 0 Å². The second-order valence-electron chi connectivity index (χ2n) is 6.25. The summed E-state index contributed by atoms with van der Waals surface area (Å²) in [6.07, 6.45) is 0. The average molecular weight is 357 g/mol. The lowest BCUT2D eigenvalue weighted by atomic mass is 10.1. The Hall–Kier alpha value is -2.38. The van der Waals surface area contributed by atoms with Crippen molar-refractivity contribution in [3.8, 4) is 5.69 Å². The molecule has 0 saturated carbocycles. The predicted octanol–water partition coefficient (Wildman–Crippen LogP) is 3.64. The molecule has 3 rings (SSSR count). The van der Waals surface area contributed by atoms with E-state index in [1.807, 2.05) is 44.0 Å². The fraction of sp³-hybridized carbons (Fsp3) is 0.278. The molecule has 0 N–H and O–H groups in total. The Labute approximate surface area is 151 Å². The molecule has 25 heavy (non-hydrogen) atoms. The number of aromatic nitrogens is 4. The summed E-state index contributed by atoms with van der Waals surface area (Å²) < 4.78 is 17.2. The van der Waals surface area contributed by atoms with E-state index in [-0.39, 0.29) is 5.82 Å². The Bertz CT molecular complexity index is 947. The minimum Gasteiger partial charge on any atom is -0.283 e. The zero-order valence-electron chi connectivity index (χ0n) is 14.5. The minimum atomic E-state index is -0.233. The first-order valence-electron chi connectivity index (χ1n) is 7.97. The fourth-order valence-electron chi connectivity index (χ4n) is 2.69. The first kappa shape index (κ1) is 17.4. The summed E-state index contributed by atoms with van der Waals surface area (Å²) in [5.41, 5.74) is 4.06. The number of aryl methyl sites for hydroxylation is 2. The second-order valence-corrected chi connectivity index (χ2v) is 6.61. The number of hydrogen-bond acceptors (Lipinski definition) is 4. The molecule has 5 nitrogen and oxygen atoms in total. The molecule has 0 fully saturated rings. The Kier molecular flexibility index (Phi) is 5.06. The van der Waals surface area contributed by atoms with Crippen LogP contribution in [-0.4, -0.2) is 31.7 Å². The van der Waals surface area contributed by atoms with Gasteiger partial charge in [-0.1, -0.05) is 24.3 Å². The summed E-state index contributed by atoms with van der Waals surface area (Å²) >= 11 is 5.53. The smallest absolute Gasteiger partial charge is 0.221 e. The standard InChI is InChI=1S/C18H20FN5S/c1-13-7-8-14(2)17(9-13)24-18(25)23(20-21-24)12-22(3)11-15-5-4-6-16(19)10-15/h4-10H,11-12H2,1-3H3. The van der Waals surface area contributed by atoms with Crippen molar-refractivity contribution in [3.63, 3.8) is 0 Å². The largest absolute Gasteiger partial charge is 0.283 e. The second kappa shape index (κ2) is 7.25. The molecule has 0 unspecified atom stereocenters. The maximum absolute atomic E-state index is 13.3. The molecule has 2 aromatic carbocycles. The number of tetrazole rings is 1. The molecule has 7 heteroatoms. The number of rotatable bonds is 5. The fourth-order valence-corrected chi connectivity index (χ4v) is 2.92. The van der Waals surface area contributed by atoms with Crippen LogP contribution in [0.25, 0.3) is 5.69 Å². The van der Waals surface area contributed by atoms with Crippen molar-refractivity contribution in [2.75, 3.05) is 7.05 Å². The van der Waals surface area contributed by atoms with Gasteiger partial charge in [0.1, 0.15) is 5.82 Å². The van der Waals surface area contributed by atoms with E-state index in [9.17, 15) is 4.39 Å². The molecule has 0 spiro atoms. The lowest BCUT2D eigenvalue weighted by Gasteiger charge is -2.16. The Morgan fingerprint density at radius 2 is 1.92 bits per heavy atom. The highest BCUT2D eigenvalue weighted by Gasteiger charge is 2.10. The van der Waals surface area contributed by atoms with Gasteiger partial charge in [0, 0.05) is 6.54 Å². The van der Waals surface area contributed by atoms with E-state index in [2.05, 4.69) is 16.5 Å². The summed E-state index contributed by atoms with van der Waals surface area (Å²) in [5, 5.41) is 8.37. The highest BCUT2D eigenvalue weighted by molar-refractivity contribution is 7.71. The number of nitrogens with zero attached hydrogens (tertiary/aromatic N) is 5. The Morgan fingerprint density at radius 1 is 1.12 bits per heavy atom. The summed E-state index contributed by atoms with van der Waals surface area (Å²) in [7, 11) is 1.93.